The molecule has 0 radical (unpaired) electrons. The van der Waals surface area contributed by atoms with Crippen LogP contribution in [0.4, 0.5) is 0 Å². The number of nitrogens with one attached hydrogen (secondary N) is 1. The van der Waals surface area contributed by atoms with Crippen molar-refractivity contribution in [2.75, 3.05) is 26.7 Å². The van der Waals surface area contributed by atoms with E-state index in [0.29, 0.717) is 23.6 Å². The van der Waals surface area contributed by atoms with E-state index < -0.39 is 0 Å². The van der Waals surface area contributed by atoms with Gasteiger partial charge in [0, 0.05) is 38.3 Å². The first-order valence-corrected chi connectivity index (χ1v) is 7.58. The Bertz CT molecular complexity index is 261. The predicted molar refractivity (Wildman–Crippen MR) is 75.9 cm³/mol. The van der Waals surface area contributed by atoms with Crippen LogP contribution in [0.25, 0.3) is 0 Å². The normalized spacial score (nSPS) is 30.2. The van der Waals surface area contributed by atoms with Gasteiger partial charge in [-0.1, -0.05) is 26.7 Å². The maximum atomic E-state index is 5.49. The summed E-state index contributed by atoms with van der Waals surface area (Å²) in [7, 11) is 1.83. The van der Waals surface area contributed by atoms with Crippen LogP contribution in [0, 0.1) is 5.92 Å². The van der Waals surface area contributed by atoms with Gasteiger partial charge in [-0.25, -0.2) is 0 Å². The molecular formula is C15H30N2O. The lowest BCUT2D eigenvalue weighted by Gasteiger charge is -2.50. The zero-order valence-electron chi connectivity index (χ0n) is 12.5. The molecule has 106 valence electrons. The molecule has 3 nitrogen and oxygen atoms in total. The van der Waals surface area contributed by atoms with E-state index in [2.05, 4.69) is 31.0 Å². The van der Waals surface area contributed by atoms with Crippen molar-refractivity contribution in [2.45, 2.75) is 64.1 Å². The quantitative estimate of drug-likeness (QED) is 0.833. The summed E-state index contributed by atoms with van der Waals surface area (Å²) in [5.74, 6) is 0.712. The molecule has 2 atom stereocenters. The van der Waals surface area contributed by atoms with E-state index in [1.54, 1.807) is 0 Å². The third kappa shape index (κ3) is 2.89. The van der Waals surface area contributed by atoms with Gasteiger partial charge in [0.15, 0.2) is 0 Å². The van der Waals surface area contributed by atoms with Crippen LogP contribution in [0.3, 0.4) is 0 Å². The first-order valence-electron chi connectivity index (χ1n) is 7.58. The SMILES string of the molecule is COC(C)CN1CC(C(C)C)NCC12CCCC2. The molecular weight excluding hydrogens is 224 g/mol. The first-order chi connectivity index (χ1) is 8.57. The van der Waals surface area contributed by atoms with Crippen LogP contribution in [0.15, 0.2) is 0 Å². The van der Waals surface area contributed by atoms with Gasteiger partial charge in [0.05, 0.1) is 6.10 Å². The Morgan fingerprint density at radius 2 is 1.94 bits per heavy atom. The molecule has 18 heavy (non-hydrogen) atoms. The zero-order chi connectivity index (χ0) is 13.2. The number of hydrogen-bond donors (Lipinski definition) is 1. The van der Waals surface area contributed by atoms with E-state index in [1.807, 2.05) is 7.11 Å². The van der Waals surface area contributed by atoms with Crippen LogP contribution >= 0.6 is 0 Å². The molecule has 2 rings (SSSR count). The second-order valence-corrected chi connectivity index (χ2v) is 6.61. The Morgan fingerprint density at radius 3 is 2.50 bits per heavy atom. The van der Waals surface area contributed by atoms with Crippen molar-refractivity contribution in [1.29, 1.82) is 0 Å². The smallest absolute Gasteiger partial charge is 0.0670 e. The molecule has 2 aliphatic rings. The lowest BCUT2D eigenvalue weighted by molar-refractivity contribution is -0.0108. The van der Waals surface area contributed by atoms with Crippen molar-refractivity contribution in [1.82, 2.24) is 10.2 Å². The van der Waals surface area contributed by atoms with Gasteiger partial charge < -0.3 is 10.1 Å². The number of ether oxygens (including phenoxy) is 1. The molecule has 2 unspecified atom stereocenters. The molecule has 1 N–H and O–H groups in total. The summed E-state index contributed by atoms with van der Waals surface area (Å²) in [5, 5.41) is 3.79. The monoisotopic (exact) mass is 254 g/mol. The molecule has 0 aromatic rings. The van der Waals surface area contributed by atoms with Crippen LogP contribution in [-0.2, 0) is 4.74 Å². The van der Waals surface area contributed by atoms with Gasteiger partial charge in [-0.05, 0) is 25.7 Å². The summed E-state index contributed by atoms with van der Waals surface area (Å²) in [6, 6.07) is 0.639. The summed E-state index contributed by atoms with van der Waals surface area (Å²) in [6.45, 7) is 10.3. The molecule has 1 heterocycles. The molecule has 1 aliphatic carbocycles. The van der Waals surface area contributed by atoms with Gasteiger partial charge in [0.1, 0.15) is 0 Å². The molecule has 0 amide bonds. The minimum absolute atomic E-state index is 0.341. The van der Waals surface area contributed by atoms with Crippen molar-refractivity contribution in [3.63, 3.8) is 0 Å². The fraction of sp³-hybridized carbons (Fsp3) is 1.00. The summed E-state index contributed by atoms with van der Waals surface area (Å²) in [5.41, 5.74) is 0.429. The Morgan fingerprint density at radius 1 is 1.28 bits per heavy atom. The van der Waals surface area contributed by atoms with Gasteiger partial charge in [0.25, 0.3) is 0 Å². The van der Waals surface area contributed by atoms with Crippen LogP contribution in [-0.4, -0.2) is 49.3 Å². The third-order valence-corrected chi connectivity index (χ3v) is 5.00. The maximum Gasteiger partial charge on any atom is 0.0670 e. The molecule has 3 heteroatoms. The Balaban J connectivity index is 2.05. The van der Waals surface area contributed by atoms with E-state index in [-0.39, 0.29) is 0 Å². The standard InChI is InChI=1S/C15H30N2O/c1-12(2)14-10-17(9-13(3)18-4)15(11-16-14)7-5-6-8-15/h12-14,16H,5-11H2,1-4H3. The summed E-state index contributed by atoms with van der Waals surface area (Å²) in [4.78, 5) is 2.73. The van der Waals surface area contributed by atoms with Crippen molar-refractivity contribution in [3.05, 3.63) is 0 Å². The van der Waals surface area contributed by atoms with Crippen molar-refractivity contribution in [3.8, 4) is 0 Å². The fourth-order valence-electron chi connectivity index (χ4n) is 3.55. The fourth-order valence-corrected chi connectivity index (χ4v) is 3.55. The van der Waals surface area contributed by atoms with E-state index in [1.165, 1.54) is 38.8 Å². The van der Waals surface area contributed by atoms with Gasteiger partial charge >= 0.3 is 0 Å². The predicted octanol–water partition coefficient (Wildman–Crippen LogP) is 2.26. The summed E-state index contributed by atoms with van der Waals surface area (Å²) >= 11 is 0. The molecule has 1 spiro atoms. The molecule has 0 aromatic carbocycles. The Labute approximate surface area is 112 Å². The van der Waals surface area contributed by atoms with E-state index in [4.69, 9.17) is 4.74 Å². The summed E-state index contributed by atoms with van der Waals surface area (Å²) < 4.78 is 5.49. The van der Waals surface area contributed by atoms with E-state index in [0.717, 1.165) is 6.54 Å². The number of hydrogen-bond acceptors (Lipinski definition) is 3. The molecule has 0 bridgehead atoms. The van der Waals surface area contributed by atoms with Gasteiger partial charge in [0.2, 0.25) is 0 Å². The van der Waals surface area contributed by atoms with Crippen molar-refractivity contribution >= 4 is 0 Å². The molecule has 0 aromatic heterocycles. The molecule has 2 fully saturated rings. The van der Waals surface area contributed by atoms with Gasteiger partial charge in [-0.3, -0.25) is 4.90 Å². The lowest BCUT2D eigenvalue weighted by Crippen LogP contribution is -2.65. The average molecular weight is 254 g/mol. The Kier molecular flexibility index (Phi) is 4.68. The zero-order valence-corrected chi connectivity index (χ0v) is 12.5. The van der Waals surface area contributed by atoms with E-state index >= 15 is 0 Å². The van der Waals surface area contributed by atoms with Crippen LogP contribution in [0.5, 0.6) is 0 Å². The molecule has 1 saturated carbocycles. The maximum absolute atomic E-state index is 5.49. The minimum atomic E-state index is 0.341. The highest BCUT2D eigenvalue weighted by Gasteiger charge is 2.44. The second-order valence-electron chi connectivity index (χ2n) is 6.61. The largest absolute Gasteiger partial charge is 0.380 e. The number of methoxy groups -OCH3 is 1. The van der Waals surface area contributed by atoms with Crippen LogP contribution in [0.1, 0.15) is 46.5 Å². The molecule has 1 saturated heterocycles. The second kappa shape index (κ2) is 5.89. The highest BCUT2D eigenvalue weighted by Crippen LogP contribution is 2.37. The topological polar surface area (TPSA) is 24.5 Å². The number of piperazine rings is 1. The lowest BCUT2D eigenvalue weighted by atomic mass is 9.88. The minimum Gasteiger partial charge on any atom is -0.380 e. The number of nitrogens with zero attached hydrogens (tertiary/aromatic N) is 1. The summed E-state index contributed by atoms with van der Waals surface area (Å²) in [6.07, 6.45) is 5.86. The third-order valence-electron chi connectivity index (χ3n) is 5.00. The highest BCUT2D eigenvalue weighted by atomic mass is 16.5. The van der Waals surface area contributed by atoms with Gasteiger partial charge in [-0.15, -0.1) is 0 Å². The van der Waals surface area contributed by atoms with E-state index in [9.17, 15) is 0 Å². The number of rotatable bonds is 4. The van der Waals surface area contributed by atoms with Crippen molar-refractivity contribution < 1.29 is 4.74 Å². The molecule has 1 aliphatic heterocycles. The van der Waals surface area contributed by atoms with Crippen molar-refractivity contribution in [2.24, 2.45) is 5.92 Å². The first kappa shape index (κ1) is 14.3. The highest BCUT2D eigenvalue weighted by molar-refractivity contribution is 5.02. The Hall–Kier alpha value is -0.120. The average Bonchev–Trinajstić information content (AvgIpc) is 2.81. The van der Waals surface area contributed by atoms with Crippen LogP contribution in [0.2, 0.25) is 0 Å². The van der Waals surface area contributed by atoms with Gasteiger partial charge in [-0.2, -0.15) is 0 Å². The van der Waals surface area contributed by atoms with Crippen LogP contribution < -0.4 is 5.32 Å².